The lowest BCUT2D eigenvalue weighted by Gasteiger charge is -2.17. The van der Waals surface area contributed by atoms with E-state index in [4.69, 9.17) is 10.5 Å². The lowest BCUT2D eigenvalue weighted by molar-refractivity contribution is -0.116. The summed E-state index contributed by atoms with van der Waals surface area (Å²) in [6.45, 7) is 7.93. The van der Waals surface area contributed by atoms with E-state index in [1.165, 1.54) is 0 Å². The normalized spacial score (nSPS) is 11.3. The molecule has 0 aliphatic heterocycles. The Kier molecular flexibility index (Phi) is 6.52. The Morgan fingerprint density at radius 1 is 1.25 bits per heavy atom. The second kappa shape index (κ2) is 7.90. The first-order chi connectivity index (χ1) is 9.38. The average Bonchev–Trinajstić information content (AvgIpc) is 2.35. The molecule has 4 heteroatoms. The highest BCUT2D eigenvalue weighted by Crippen LogP contribution is 2.18. The number of rotatable bonds is 7. The monoisotopic (exact) mass is 278 g/mol. The van der Waals surface area contributed by atoms with Crippen molar-refractivity contribution in [2.45, 2.75) is 40.0 Å². The van der Waals surface area contributed by atoms with Gasteiger partial charge in [-0.1, -0.05) is 32.9 Å². The van der Waals surface area contributed by atoms with Crippen LogP contribution in [0.5, 0.6) is 0 Å². The summed E-state index contributed by atoms with van der Waals surface area (Å²) in [4.78, 5) is 11.7. The van der Waals surface area contributed by atoms with Gasteiger partial charge in [0.05, 0.1) is 11.4 Å². The molecule has 0 atom stereocenters. The molecule has 0 heterocycles. The van der Waals surface area contributed by atoms with Crippen molar-refractivity contribution in [2.75, 3.05) is 24.3 Å². The predicted octanol–water partition coefficient (Wildman–Crippen LogP) is 3.44. The maximum absolute atomic E-state index is 11.7. The molecule has 1 aromatic rings. The minimum Gasteiger partial charge on any atom is -0.397 e. The molecule has 0 radical (unpaired) electrons. The standard InChI is InChI=1S/C16H26N2O2/c1-16(2,3)10-12-20-11-6-9-15(19)18-14-8-5-4-7-13(14)17/h4-5,7-8H,6,9-12,17H2,1-3H3,(H,18,19). The molecule has 3 N–H and O–H groups in total. The molecule has 0 saturated heterocycles. The van der Waals surface area contributed by atoms with Crippen LogP contribution < -0.4 is 11.1 Å². The van der Waals surface area contributed by atoms with E-state index in [1.807, 2.05) is 12.1 Å². The van der Waals surface area contributed by atoms with Crippen molar-refractivity contribution >= 4 is 17.3 Å². The molecule has 1 rings (SSSR count). The molecular formula is C16H26N2O2. The Hall–Kier alpha value is -1.55. The zero-order valence-corrected chi connectivity index (χ0v) is 12.7. The zero-order valence-electron chi connectivity index (χ0n) is 12.7. The highest BCUT2D eigenvalue weighted by molar-refractivity contribution is 5.93. The fourth-order valence-corrected chi connectivity index (χ4v) is 1.64. The van der Waals surface area contributed by atoms with Gasteiger partial charge in [-0.05, 0) is 30.4 Å². The van der Waals surface area contributed by atoms with Crippen molar-refractivity contribution in [2.24, 2.45) is 5.41 Å². The van der Waals surface area contributed by atoms with Crippen LogP contribution in [0.3, 0.4) is 0 Å². The number of carbonyl (C=O) groups is 1. The lowest BCUT2D eigenvalue weighted by Crippen LogP contribution is -2.14. The Morgan fingerprint density at radius 2 is 1.95 bits per heavy atom. The van der Waals surface area contributed by atoms with Crippen LogP contribution in [0.15, 0.2) is 24.3 Å². The van der Waals surface area contributed by atoms with Crippen molar-refractivity contribution in [3.05, 3.63) is 24.3 Å². The minimum absolute atomic E-state index is 0.0256. The van der Waals surface area contributed by atoms with Gasteiger partial charge in [0.1, 0.15) is 0 Å². The van der Waals surface area contributed by atoms with Crippen molar-refractivity contribution in [3.63, 3.8) is 0 Å². The maximum Gasteiger partial charge on any atom is 0.224 e. The highest BCUT2D eigenvalue weighted by atomic mass is 16.5. The van der Waals surface area contributed by atoms with Gasteiger partial charge in [-0.2, -0.15) is 0 Å². The van der Waals surface area contributed by atoms with Gasteiger partial charge >= 0.3 is 0 Å². The Balaban J connectivity index is 2.14. The van der Waals surface area contributed by atoms with Gasteiger partial charge in [0.2, 0.25) is 5.91 Å². The SMILES string of the molecule is CC(C)(C)CCOCCCC(=O)Nc1ccccc1N. The van der Waals surface area contributed by atoms with Crippen molar-refractivity contribution in [1.29, 1.82) is 0 Å². The molecule has 0 aliphatic carbocycles. The lowest BCUT2D eigenvalue weighted by atomic mass is 9.93. The molecule has 4 nitrogen and oxygen atoms in total. The summed E-state index contributed by atoms with van der Waals surface area (Å²) in [5, 5.41) is 2.81. The predicted molar refractivity (Wildman–Crippen MR) is 83.6 cm³/mol. The third-order valence-electron chi connectivity index (χ3n) is 2.92. The van der Waals surface area contributed by atoms with Crippen molar-refractivity contribution in [3.8, 4) is 0 Å². The largest absolute Gasteiger partial charge is 0.397 e. The first-order valence-electron chi connectivity index (χ1n) is 7.10. The number of amides is 1. The first kappa shape index (κ1) is 16.5. The number of para-hydroxylation sites is 2. The van der Waals surface area contributed by atoms with Crippen LogP contribution in [-0.4, -0.2) is 19.1 Å². The number of hydrogen-bond acceptors (Lipinski definition) is 3. The van der Waals surface area contributed by atoms with Crippen molar-refractivity contribution in [1.82, 2.24) is 0 Å². The number of nitrogens with two attached hydrogens (primary N) is 1. The molecule has 1 aromatic carbocycles. The summed E-state index contributed by atoms with van der Waals surface area (Å²) >= 11 is 0. The topological polar surface area (TPSA) is 64.3 Å². The molecule has 0 saturated carbocycles. The summed E-state index contributed by atoms with van der Waals surface area (Å²) in [5.74, 6) is -0.0256. The number of nitrogen functional groups attached to an aromatic ring is 1. The van der Waals surface area contributed by atoms with Gasteiger partial charge in [0.25, 0.3) is 0 Å². The third-order valence-corrected chi connectivity index (χ3v) is 2.92. The van der Waals surface area contributed by atoms with Crippen LogP contribution in [-0.2, 0) is 9.53 Å². The van der Waals surface area contributed by atoms with E-state index in [9.17, 15) is 4.79 Å². The molecule has 20 heavy (non-hydrogen) atoms. The number of carbonyl (C=O) groups excluding carboxylic acids is 1. The molecule has 0 fully saturated rings. The summed E-state index contributed by atoms with van der Waals surface area (Å²) in [7, 11) is 0. The van der Waals surface area contributed by atoms with Gasteiger partial charge in [-0.25, -0.2) is 0 Å². The molecule has 0 aliphatic rings. The van der Waals surface area contributed by atoms with E-state index < -0.39 is 0 Å². The van der Waals surface area contributed by atoms with Crippen LogP contribution in [0.1, 0.15) is 40.0 Å². The Bertz CT molecular complexity index is 425. The van der Waals surface area contributed by atoms with E-state index in [1.54, 1.807) is 12.1 Å². The molecule has 0 bridgehead atoms. The molecular weight excluding hydrogens is 252 g/mol. The molecule has 112 valence electrons. The van der Waals surface area contributed by atoms with Crippen molar-refractivity contribution < 1.29 is 9.53 Å². The highest BCUT2D eigenvalue weighted by Gasteiger charge is 2.09. The molecule has 0 aromatic heterocycles. The number of anilines is 2. The Morgan fingerprint density at radius 3 is 2.60 bits per heavy atom. The van der Waals surface area contributed by atoms with Crippen LogP contribution in [0, 0.1) is 5.41 Å². The third kappa shape index (κ3) is 7.14. The second-order valence-corrected chi connectivity index (χ2v) is 6.16. The minimum atomic E-state index is -0.0256. The molecule has 1 amide bonds. The summed E-state index contributed by atoms with van der Waals surface area (Å²) < 4.78 is 5.53. The summed E-state index contributed by atoms with van der Waals surface area (Å²) in [6, 6.07) is 7.26. The van der Waals surface area contributed by atoms with Gasteiger partial charge in [0, 0.05) is 19.6 Å². The maximum atomic E-state index is 11.7. The van der Waals surface area contributed by atoms with E-state index in [0.717, 1.165) is 19.4 Å². The first-order valence-corrected chi connectivity index (χ1v) is 7.10. The van der Waals surface area contributed by atoms with Gasteiger partial charge in [-0.3, -0.25) is 4.79 Å². The number of benzene rings is 1. The summed E-state index contributed by atoms with van der Waals surface area (Å²) in [5.41, 5.74) is 7.32. The van der Waals surface area contributed by atoms with Gasteiger partial charge < -0.3 is 15.8 Å². The fourth-order valence-electron chi connectivity index (χ4n) is 1.64. The van der Waals surface area contributed by atoms with E-state index in [2.05, 4.69) is 26.1 Å². The van der Waals surface area contributed by atoms with E-state index >= 15 is 0 Å². The zero-order chi connectivity index (χ0) is 15.0. The molecule has 0 unspecified atom stereocenters. The van der Waals surface area contributed by atoms with E-state index in [-0.39, 0.29) is 5.91 Å². The van der Waals surface area contributed by atoms with Crippen LogP contribution >= 0.6 is 0 Å². The van der Waals surface area contributed by atoms with Gasteiger partial charge in [0.15, 0.2) is 0 Å². The number of hydrogen-bond donors (Lipinski definition) is 2. The van der Waals surface area contributed by atoms with E-state index in [0.29, 0.717) is 29.8 Å². The van der Waals surface area contributed by atoms with Crippen LogP contribution in [0.25, 0.3) is 0 Å². The smallest absolute Gasteiger partial charge is 0.224 e. The molecule has 0 spiro atoms. The quantitative estimate of drug-likeness (QED) is 0.593. The number of nitrogens with one attached hydrogen (secondary N) is 1. The second-order valence-electron chi connectivity index (χ2n) is 6.16. The van der Waals surface area contributed by atoms with Crippen LogP contribution in [0.2, 0.25) is 0 Å². The summed E-state index contributed by atoms with van der Waals surface area (Å²) in [6.07, 6.45) is 2.20. The average molecular weight is 278 g/mol. The Labute approximate surface area is 121 Å². The van der Waals surface area contributed by atoms with Gasteiger partial charge in [-0.15, -0.1) is 0 Å². The number of ether oxygens (including phenoxy) is 1. The van der Waals surface area contributed by atoms with Crippen LogP contribution in [0.4, 0.5) is 11.4 Å². The fraction of sp³-hybridized carbons (Fsp3) is 0.562.